The Bertz CT molecular complexity index is 2770. The average molecular weight is 617 g/mol. The Balaban J connectivity index is 1.24. The van der Waals surface area contributed by atoms with Crippen molar-refractivity contribution in [2.45, 2.75) is 0 Å². The third-order valence-electron chi connectivity index (χ3n) is 9.51. The summed E-state index contributed by atoms with van der Waals surface area (Å²) in [6.45, 7) is 0. The molecule has 3 heterocycles. The second-order valence-electron chi connectivity index (χ2n) is 12.2. The van der Waals surface area contributed by atoms with Crippen molar-refractivity contribution in [1.29, 1.82) is 0 Å². The Morgan fingerprint density at radius 1 is 0.383 bits per heavy atom. The molecular weight excluding hydrogens is 589 g/mol. The quantitative estimate of drug-likeness (QED) is 0.186. The van der Waals surface area contributed by atoms with Gasteiger partial charge < -0.3 is 0 Å². The summed E-state index contributed by atoms with van der Waals surface area (Å²) in [7, 11) is 0. The molecule has 0 aliphatic carbocycles. The van der Waals surface area contributed by atoms with Crippen LogP contribution in [0.4, 0.5) is 0 Å². The summed E-state index contributed by atoms with van der Waals surface area (Å²) in [5, 5.41) is 6.43. The molecule has 0 N–H and O–H groups in total. The van der Waals surface area contributed by atoms with Crippen LogP contribution in [-0.4, -0.2) is 9.13 Å². The maximum absolute atomic E-state index is 2.43. The average Bonchev–Trinajstić information content (AvgIpc) is 3.79. The number of fused-ring (bicyclic) bond motifs is 8. The highest BCUT2D eigenvalue weighted by atomic mass is 32.1. The van der Waals surface area contributed by atoms with Gasteiger partial charge in [0.25, 0.3) is 0 Å². The smallest absolute Gasteiger partial charge is 0.131 e. The zero-order valence-corrected chi connectivity index (χ0v) is 26.3. The monoisotopic (exact) mass is 616 g/mol. The number of hydrogen-bond donors (Lipinski definition) is 0. The highest BCUT2D eigenvalue weighted by Crippen LogP contribution is 2.44. The lowest BCUT2D eigenvalue weighted by molar-refractivity contribution is 1.07. The van der Waals surface area contributed by atoms with Crippen molar-refractivity contribution in [3.63, 3.8) is 0 Å². The molecule has 0 radical (unpaired) electrons. The van der Waals surface area contributed by atoms with Crippen molar-refractivity contribution in [2.24, 2.45) is 0 Å². The number of thiophene rings is 1. The molecule has 0 spiro atoms. The molecule has 0 unspecified atom stereocenters. The van der Waals surface area contributed by atoms with Gasteiger partial charge in [0.2, 0.25) is 0 Å². The van der Waals surface area contributed by atoms with Gasteiger partial charge in [-0.1, -0.05) is 115 Å². The van der Waals surface area contributed by atoms with E-state index in [4.69, 9.17) is 0 Å². The van der Waals surface area contributed by atoms with Crippen LogP contribution in [0.1, 0.15) is 0 Å². The SMILES string of the molecule is c1ccc(-c2cccc3c2sc2ccc(-c4ccc5c(c4)c4c6ccccc6n(-c6ccccc6)c4n5-c4ccccc4)cc23)cc1. The molecule has 7 aromatic carbocycles. The number of rotatable bonds is 4. The Labute approximate surface area is 276 Å². The summed E-state index contributed by atoms with van der Waals surface area (Å²) >= 11 is 1.89. The van der Waals surface area contributed by atoms with Crippen molar-refractivity contribution in [3.05, 3.63) is 170 Å². The molecule has 0 fully saturated rings. The van der Waals surface area contributed by atoms with Crippen LogP contribution in [0.2, 0.25) is 0 Å². The van der Waals surface area contributed by atoms with Crippen LogP contribution in [0.15, 0.2) is 170 Å². The minimum atomic E-state index is 1.15. The summed E-state index contributed by atoms with van der Waals surface area (Å²) in [6, 6.07) is 61.7. The topological polar surface area (TPSA) is 9.86 Å². The zero-order valence-electron chi connectivity index (χ0n) is 25.5. The van der Waals surface area contributed by atoms with Crippen LogP contribution in [0.3, 0.4) is 0 Å². The van der Waals surface area contributed by atoms with Crippen molar-refractivity contribution in [1.82, 2.24) is 9.13 Å². The van der Waals surface area contributed by atoms with E-state index in [9.17, 15) is 0 Å². The van der Waals surface area contributed by atoms with Crippen LogP contribution >= 0.6 is 11.3 Å². The lowest BCUT2D eigenvalue weighted by atomic mass is 9.99. The molecule has 0 aliphatic heterocycles. The molecule has 10 rings (SSSR count). The number of hydrogen-bond acceptors (Lipinski definition) is 1. The highest BCUT2D eigenvalue weighted by molar-refractivity contribution is 7.26. The first-order valence-electron chi connectivity index (χ1n) is 16.0. The van der Waals surface area contributed by atoms with Gasteiger partial charge in [0.15, 0.2) is 0 Å². The molecule has 2 nitrogen and oxygen atoms in total. The van der Waals surface area contributed by atoms with Crippen LogP contribution in [0.25, 0.3) is 86.6 Å². The molecule has 0 saturated carbocycles. The van der Waals surface area contributed by atoms with Gasteiger partial charge in [0, 0.05) is 47.7 Å². The molecule has 10 aromatic rings. The molecule has 0 amide bonds. The standard InChI is InChI=1S/C44H28N2S/c1-4-13-29(14-5-1)34-20-12-21-35-37-27-31(24-26-41(37)47-43(34)35)30-23-25-40-38(28-30)42-36-19-10-11-22-39(36)45(32-15-6-2-7-16-32)44(42)46(40)33-17-8-3-9-18-33/h1-28H. The minimum absolute atomic E-state index is 1.15. The second-order valence-corrected chi connectivity index (χ2v) is 13.2. The zero-order chi connectivity index (χ0) is 30.9. The van der Waals surface area contributed by atoms with Gasteiger partial charge in [-0.3, -0.25) is 9.13 Å². The first kappa shape index (κ1) is 26.3. The number of para-hydroxylation sites is 3. The summed E-state index contributed by atoms with van der Waals surface area (Å²) in [5.74, 6) is 0. The highest BCUT2D eigenvalue weighted by Gasteiger charge is 2.22. The molecule has 220 valence electrons. The lowest BCUT2D eigenvalue weighted by Crippen LogP contribution is -2.01. The van der Waals surface area contributed by atoms with Gasteiger partial charge in [-0.05, 0) is 76.9 Å². The molecule has 3 heteroatoms. The summed E-state index contributed by atoms with van der Waals surface area (Å²) in [4.78, 5) is 0. The van der Waals surface area contributed by atoms with Crippen LogP contribution < -0.4 is 0 Å². The Kier molecular flexibility index (Phi) is 5.78. The van der Waals surface area contributed by atoms with Gasteiger partial charge in [-0.15, -0.1) is 11.3 Å². The molecule has 0 saturated heterocycles. The molecular formula is C44H28N2S. The van der Waals surface area contributed by atoms with Crippen molar-refractivity contribution >= 4 is 64.3 Å². The number of benzene rings is 7. The Morgan fingerprint density at radius 3 is 1.68 bits per heavy atom. The van der Waals surface area contributed by atoms with Gasteiger partial charge >= 0.3 is 0 Å². The predicted octanol–water partition coefficient (Wildman–Crippen LogP) is 12.4. The number of nitrogens with zero attached hydrogens (tertiary/aromatic N) is 2. The maximum atomic E-state index is 2.43. The molecule has 0 bridgehead atoms. The molecule has 0 atom stereocenters. The third kappa shape index (κ3) is 3.97. The molecule has 47 heavy (non-hydrogen) atoms. The normalized spacial score (nSPS) is 11.8. The van der Waals surface area contributed by atoms with E-state index in [1.54, 1.807) is 0 Å². The van der Waals surface area contributed by atoms with E-state index in [0.717, 1.165) is 11.4 Å². The largest absolute Gasteiger partial charge is 0.295 e. The molecule has 0 aliphatic rings. The van der Waals surface area contributed by atoms with Gasteiger partial charge in [-0.25, -0.2) is 0 Å². The fourth-order valence-corrected chi connectivity index (χ4v) is 8.65. The Hall–Kier alpha value is -5.90. The van der Waals surface area contributed by atoms with E-state index in [0.29, 0.717) is 0 Å². The van der Waals surface area contributed by atoms with Crippen molar-refractivity contribution in [3.8, 4) is 33.6 Å². The van der Waals surface area contributed by atoms with Crippen LogP contribution in [0, 0.1) is 0 Å². The third-order valence-corrected chi connectivity index (χ3v) is 10.7. The van der Waals surface area contributed by atoms with Crippen LogP contribution in [-0.2, 0) is 0 Å². The summed E-state index contributed by atoms with van der Waals surface area (Å²) < 4.78 is 7.52. The van der Waals surface area contributed by atoms with Crippen molar-refractivity contribution in [2.75, 3.05) is 0 Å². The van der Waals surface area contributed by atoms with E-state index in [1.165, 1.54) is 75.3 Å². The first-order valence-corrected chi connectivity index (χ1v) is 16.8. The van der Waals surface area contributed by atoms with E-state index in [2.05, 4.69) is 179 Å². The predicted molar refractivity (Wildman–Crippen MR) is 201 cm³/mol. The van der Waals surface area contributed by atoms with Crippen LogP contribution in [0.5, 0.6) is 0 Å². The number of aromatic nitrogens is 2. The lowest BCUT2D eigenvalue weighted by Gasteiger charge is -2.13. The second kappa shape index (κ2) is 10.3. The van der Waals surface area contributed by atoms with E-state index in [1.807, 2.05) is 11.3 Å². The maximum Gasteiger partial charge on any atom is 0.131 e. The summed E-state index contributed by atoms with van der Waals surface area (Å²) in [5.41, 5.74) is 10.9. The van der Waals surface area contributed by atoms with E-state index >= 15 is 0 Å². The fourth-order valence-electron chi connectivity index (χ4n) is 7.43. The minimum Gasteiger partial charge on any atom is -0.295 e. The van der Waals surface area contributed by atoms with Gasteiger partial charge in [0.1, 0.15) is 5.65 Å². The molecule has 3 aromatic heterocycles. The fraction of sp³-hybridized carbons (Fsp3) is 0. The van der Waals surface area contributed by atoms with E-state index < -0.39 is 0 Å². The van der Waals surface area contributed by atoms with Gasteiger partial charge in [-0.2, -0.15) is 0 Å². The summed E-state index contributed by atoms with van der Waals surface area (Å²) in [6.07, 6.45) is 0. The van der Waals surface area contributed by atoms with E-state index in [-0.39, 0.29) is 0 Å². The Morgan fingerprint density at radius 2 is 0.957 bits per heavy atom. The van der Waals surface area contributed by atoms with Crippen molar-refractivity contribution < 1.29 is 0 Å². The van der Waals surface area contributed by atoms with Gasteiger partial charge in [0.05, 0.1) is 11.0 Å². The first-order chi connectivity index (χ1) is 23.3.